The maximum Gasteiger partial charge on any atom is 0.224 e. The Balaban J connectivity index is 2.51. The monoisotopic (exact) mass is 274 g/mol. The van der Waals surface area contributed by atoms with Crippen LogP contribution in [0.4, 0.5) is 0 Å². The van der Waals surface area contributed by atoms with Crippen LogP contribution < -0.4 is 5.32 Å². The third kappa shape index (κ3) is 4.94. The van der Waals surface area contributed by atoms with Crippen molar-refractivity contribution in [2.45, 2.75) is 6.42 Å². The molecule has 0 spiro atoms. The van der Waals surface area contributed by atoms with Gasteiger partial charge < -0.3 is 10.2 Å². The largest absolute Gasteiger partial charge is 0.355 e. The van der Waals surface area contributed by atoms with Gasteiger partial charge in [-0.1, -0.05) is 29.3 Å². The van der Waals surface area contributed by atoms with Gasteiger partial charge in [-0.15, -0.1) is 0 Å². The van der Waals surface area contributed by atoms with Crippen molar-refractivity contribution in [3.63, 3.8) is 0 Å². The molecule has 1 aromatic rings. The van der Waals surface area contributed by atoms with Crippen LogP contribution in [0.1, 0.15) is 5.56 Å². The third-order valence-electron chi connectivity index (χ3n) is 2.28. The Morgan fingerprint density at radius 1 is 1.29 bits per heavy atom. The number of benzene rings is 1. The number of nitrogens with one attached hydrogen (secondary N) is 1. The Bertz CT molecular complexity index is 374. The summed E-state index contributed by atoms with van der Waals surface area (Å²) in [5.74, 6) is -0.0677. The van der Waals surface area contributed by atoms with Gasteiger partial charge in [0.15, 0.2) is 0 Å². The number of carbonyl (C=O) groups excluding carboxylic acids is 1. The first-order valence-corrected chi connectivity index (χ1v) is 6.10. The molecule has 0 aromatic heterocycles. The van der Waals surface area contributed by atoms with Crippen molar-refractivity contribution in [2.75, 3.05) is 27.2 Å². The Morgan fingerprint density at radius 3 is 2.41 bits per heavy atom. The molecule has 1 aromatic carbocycles. The standard InChI is InChI=1S/C12H16Cl2N2O/c1-16(2)7-6-15-12(17)8-9-10(13)4-3-5-11(9)14/h3-5H,6-8H2,1-2H3,(H,15,17). The van der Waals surface area contributed by atoms with Gasteiger partial charge in [-0.05, 0) is 31.8 Å². The minimum atomic E-state index is -0.0677. The first-order valence-electron chi connectivity index (χ1n) is 5.35. The summed E-state index contributed by atoms with van der Waals surface area (Å²) < 4.78 is 0. The van der Waals surface area contributed by atoms with Crippen molar-refractivity contribution < 1.29 is 4.79 Å². The fourth-order valence-electron chi connectivity index (χ4n) is 1.34. The lowest BCUT2D eigenvalue weighted by atomic mass is 10.1. The molecule has 0 aliphatic heterocycles. The molecule has 5 heteroatoms. The van der Waals surface area contributed by atoms with Crippen molar-refractivity contribution in [3.05, 3.63) is 33.8 Å². The Hall–Kier alpha value is -0.770. The smallest absolute Gasteiger partial charge is 0.224 e. The van der Waals surface area contributed by atoms with Crippen LogP contribution in [0.15, 0.2) is 18.2 Å². The van der Waals surface area contributed by atoms with E-state index in [-0.39, 0.29) is 12.3 Å². The Labute approximate surface area is 112 Å². The van der Waals surface area contributed by atoms with E-state index in [0.717, 1.165) is 6.54 Å². The molecule has 0 saturated heterocycles. The predicted octanol–water partition coefficient (Wildman–Crippen LogP) is 2.21. The number of amides is 1. The van der Waals surface area contributed by atoms with Gasteiger partial charge in [0.1, 0.15) is 0 Å². The molecule has 94 valence electrons. The molecule has 0 atom stereocenters. The SMILES string of the molecule is CN(C)CCNC(=O)Cc1c(Cl)cccc1Cl. The molecule has 0 aliphatic rings. The van der Waals surface area contributed by atoms with Crippen molar-refractivity contribution >= 4 is 29.1 Å². The molecule has 17 heavy (non-hydrogen) atoms. The summed E-state index contributed by atoms with van der Waals surface area (Å²) in [5, 5.41) is 3.88. The van der Waals surface area contributed by atoms with Gasteiger partial charge in [-0.25, -0.2) is 0 Å². The van der Waals surface area contributed by atoms with E-state index in [1.807, 2.05) is 19.0 Å². The zero-order valence-electron chi connectivity index (χ0n) is 9.96. The van der Waals surface area contributed by atoms with Crippen LogP contribution in [0.5, 0.6) is 0 Å². The summed E-state index contributed by atoms with van der Waals surface area (Å²) in [6.45, 7) is 1.43. The van der Waals surface area contributed by atoms with Gasteiger partial charge in [-0.3, -0.25) is 4.79 Å². The number of hydrogen-bond donors (Lipinski definition) is 1. The highest BCUT2D eigenvalue weighted by atomic mass is 35.5. The molecule has 1 amide bonds. The van der Waals surface area contributed by atoms with Gasteiger partial charge in [0.2, 0.25) is 5.91 Å². The summed E-state index contributed by atoms with van der Waals surface area (Å²) in [6, 6.07) is 5.23. The molecule has 0 saturated carbocycles. The van der Waals surface area contributed by atoms with E-state index in [4.69, 9.17) is 23.2 Å². The highest BCUT2D eigenvalue weighted by molar-refractivity contribution is 6.36. The predicted molar refractivity (Wildman–Crippen MR) is 71.7 cm³/mol. The second kappa shape index (κ2) is 6.84. The summed E-state index contributed by atoms with van der Waals surface area (Å²) in [7, 11) is 3.91. The zero-order valence-corrected chi connectivity index (χ0v) is 11.5. The molecule has 1 N–H and O–H groups in total. The van der Waals surface area contributed by atoms with Gasteiger partial charge in [0.25, 0.3) is 0 Å². The summed E-state index contributed by atoms with van der Waals surface area (Å²) in [4.78, 5) is 13.7. The number of rotatable bonds is 5. The summed E-state index contributed by atoms with van der Waals surface area (Å²) in [5.41, 5.74) is 0.679. The number of likely N-dealkylation sites (N-methyl/N-ethyl adjacent to an activating group) is 1. The van der Waals surface area contributed by atoms with Crippen LogP contribution in [0, 0.1) is 0 Å². The molecular formula is C12H16Cl2N2O. The molecule has 0 fully saturated rings. The average Bonchev–Trinajstić information content (AvgIpc) is 2.23. The normalized spacial score (nSPS) is 10.6. The molecular weight excluding hydrogens is 259 g/mol. The third-order valence-corrected chi connectivity index (χ3v) is 2.99. The number of carbonyl (C=O) groups is 1. The molecule has 3 nitrogen and oxygen atoms in total. The molecule has 0 aliphatic carbocycles. The number of halogens is 2. The van der Waals surface area contributed by atoms with Crippen LogP contribution in [0.3, 0.4) is 0 Å². The van der Waals surface area contributed by atoms with E-state index in [9.17, 15) is 4.79 Å². The fourth-order valence-corrected chi connectivity index (χ4v) is 1.87. The van der Waals surface area contributed by atoms with Gasteiger partial charge in [0, 0.05) is 23.1 Å². The Morgan fingerprint density at radius 2 is 1.88 bits per heavy atom. The quantitative estimate of drug-likeness (QED) is 0.893. The van der Waals surface area contributed by atoms with E-state index >= 15 is 0 Å². The van der Waals surface area contributed by atoms with E-state index < -0.39 is 0 Å². The van der Waals surface area contributed by atoms with Crippen molar-refractivity contribution in [3.8, 4) is 0 Å². The van der Waals surface area contributed by atoms with Gasteiger partial charge in [-0.2, -0.15) is 0 Å². The lowest BCUT2D eigenvalue weighted by Gasteiger charge is -2.11. The van der Waals surface area contributed by atoms with Crippen molar-refractivity contribution in [2.24, 2.45) is 0 Å². The van der Waals surface area contributed by atoms with Crippen molar-refractivity contribution in [1.29, 1.82) is 0 Å². The van der Waals surface area contributed by atoms with Crippen LogP contribution >= 0.6 is 23.2 Å². The van der Waals surface area contributed by atoms with Crippen LogP contribution in [-0.4, -0.2) is 38.0 Å². The zero-order chi connectivity index (χ0) is 12.8. The summed E-state index contributed by atoms with van der Waals surface area (Å²) in [6.07, 6.45) is 0.214. The first-order chi connectivity index (χ1) is 8.00. The lowest BCUT2D eigenvalue weighted by molar-refractivity contribution is -0.120. The molecule has 0 bridgehead atoms. The lowest BCUT2D eigenvalue weighted by Crippen LogP contribution is -2.32. The van der Waals surface area contributed by atoms with Gasteiger partial charge >= 0.3 is 0 Å². The molecule has 0 radical (unpaired) electrons. The second-order valence-electron chi connectivity index (χ2n) is 4.03. The second-order valence-corrected chi connectivity index (χ2v) is 4.84. The maximum absolute atomic E-state index is 11.7. The van der Waals surface area contributed by atoms with Crippen LogP contribution in [0.2, 0.25) is 10.0 Å². The van der Waals surface area contributed by atoms with E-state index in [2.05, 4.69) is 5.32 Å². The van der Waals surface area contributed by atoms with E-state index in [1.54, 1.807) is 18.2 Å². The topological polar surface area (TPSA) is 32.3 Å². The number of hydrogen-bond acceptors (Lipinski definition) is 2. The highest BCUT2D eigenvalue weighted by Crippen LogP contribution is 2.24. The van der Waals surface area contributed by atoms with E-state index in [1.165, 1.54) is 0 Å². The molecule has 0 heterocycles. The minimum Gasteiger partial charge on any atom is -0.355 e. The fraction of sp³-hybridized carbons (Fsp3) is 0.417. The highest BCUT2D eigenvalue weighted by Gasteiger charge is 2.10. The first kappa shape index (κ1) is 14.3. The minimum absolute atomic E-state index is 0.0677. The van der Waals surface area contributed by atoms with Crippen molar-refractivity contribution in [1.82, 2.24) is 10.2 Å². The van der Waals surface area contributed by atoms with Crippen LogP contribution in [-0.2, 0) is 11.2 Å². The van der Waals surface area contributed by atoms with E-state index in [0.29, 0.717) is 22.2 Å². The number of nitrogens with zero attached hydrogens (tertiary/aromatic N) is 1. The average molecular weight is 275 g/mol. The Kier molecular flexibility index (Phi) is 5.75. The van der Waals surface area contributed by atoms with Crippen LogP contribution in [0.25, 0.3) is 0 Å². The maximum atomic E-state index is 11.7. The summed E-state index contributed by atoms with van der Waals surface area (Å²) >= 11 is 12.0. The molecule has 1 rings (SSSR count). The molecule has 0 unspecified atom stereocenters. The van der Waals surface area contributed by atoms with Gasteiger partial charge in [0.05, 0.1) is 6.42 Å².